The molecule has 6 heteroatoms. The summed E-state index contributed by atoms with van der Waals surface area (Å²) in [6, 6.07) is 10.1. The van der Waals surface area contributed by atoms with Crippen molar-refractivity contribution in [3.8, 4) is 5.75 Å². The zero-order valence-electron chi connectivity index (χ0n) is 10.2. The molecule has 0 fully saturated rings. The van der Waals surface area contributed by atoms with Gasteiger partial charge in [-0.25, -0.2) is 0 Å². The number of anilines is 1. The van der Waals surface area contributed by atoms with Gasteiger partial charge in [-0.05, 0) is 24.3 Å². The third-order valence-corrected chi connectivity index (χ3v) is 3.62. The SMILES string of the molecule is O=C1N[C@H](c2cc(Cl)cc(Cl)c2O)Nc2ccccc21. The summed E-state index contributed by atoms with van der Waals surface area (Å²) in [5.74, 6) is -0.326. The Balaban J connectivity index is 2.04. The Labute approximate surface area is 125 Å². The van der Waals surface area contributed by atoms with Crippen LogP contribution in [0.1, 0.15) is 22.1 Å². The zero-order chi connectivity index (χ0) is 14.3. The van der Waals surface area contributed by atoms with E-state index in [1.807, 2.05) is 6.07 Å². The summed E-state index contributed by atoms with van der Waals surface area (Å²) in [6.45, 7) is 0. The highest BCUT2D eigenvalue weighted by atomic mass is 35.5. The van der Waals surface area contributed by atoms with E-state index in [2.05, 4.69) is 10.6 Å². The van der Waals surface area contributed by atoms with Gasteiger partial charge in [-0.2, -0.15) is 0 Å². The van der Waals surface area contributed by atoms with Crippen LogP contribution in [0.2, 0.25) is 10.0 Å². The number of phenols is 1. The average Bonchev–Trinajstić information content (AvgIpc) is 2.43. The van der Waals surface area contributed by atoms with Crippen molar-refractivity contribution in [3.63, 3.8) is 0 Å². The van der Waals surface area contributed by atoms with Crippen LogP contribution in [0.15, 0.2) is 36.4 Å². The summed E-state index contributed by atoms with van der Waals surface area (Å²) in [6.07, 6.45) is -0.589. The molecule has 3 rings (SSSR count). The molecule has 20 heavy (non-hydrogen) atoms. The molecule has 0 radical (unpaired) electrons. The number of aromatic hydroxyl groups is 1. The minimum Gasteiger partial charge on any atom is -0.506 e. The number of phenolic OH excluding ortho intramolecular Hbond substituents is 1. The van der Waals surface area contributed by atoms with Crippen molar-refractivity contribution >= 4 is 34.8 Å². The molecule has 0 saturated carbocycles. The summed E-state index contributed by atoms with van der Waals surface area (Å²) in [4.78, 5) is 12.1. The van der Waals surface area contributed by atoms with Crippen molar-refractivity contribution in [3.05, 3.63) is 57.6 Å². The van der Waals surface area contributed by atoms with Crippen LogP contribution in [0.5, 0.6) is 5.75 Å². The molecule has 1 aliphatic heterocycles. The number of halogens is 2. The van der Waals surface area contributed by atoms with Crippen molar-refractivity contribution in [2.24, 2.45) is 0 Å². The van der Waals surface area contributed by atoms with E-state index in [0.29, 0.717) is 21.8 Å². The van der Waals surface area contributed by atoms with Crippen molar-refractivity contribution in [1.29, 1.82) is 0 Å². The van der Waals surface area contributed by atoms with E-state index < -0.39 is 6.17 Å². The van der Waals surface area contributed by atoms with Gasteiger partial charge in [0.05, 0.1) is 10.6 Å². The quantitative estimate of drug-likeness (QED) is 0.755. The molecule has 4 nitrogen and oxygen atoms in total. The van der Waals surface area contributed by atoms with Gasteiger partial charge >= 0.3 is 0 Å². The highest BCUT2D eigenvalue weighted by molar-refractivity contribution is 6.35. The predicted octanol–water partition coefficient (Wildman–Crippen LogP) is 3.55. The Morgan fingerprint density at radius 3 is 2.65 bits per heavy atom. The fraction of sp³-hybridized carbons (Fsp3) is 0.0714. The second-order valence-electron chi connectivity index (χ2n) is 4.42. The molecule has 3 N–H and O–H groups in total. The number of nitrogens with one attached hydrogen (secondary N) is 2. The monoisotopic (exact) mass is 308 g/mol. The van der Waals surface area contributed by atoms with Crippen LogP contribution in [0.4, 0.5) is 5.69 Å². The highest BCUT2D eigenvalue weighted by Gasteiger charge is 2.26. The van der Waals surface area contributed by atoms with Gasteiger partial charge in [-0.1, -0.05) is 35.3 Å². The maximum Gasteiger partial charge on any atom is 0.255 e. The largest absolute Gasteiger partial charge is 0.506 e. The fourth-order valence-corrected chi connectivity index (χ4v) is 2.68. The van der Waals surface area contributed by atoms with Gasteiger partial charge in [-0.3, -0.25) is 4.79 Å². The molecule has 0 spiro atoms. The normalized spacial score (nSPS) is 17.1. The van der Waals surface area contributed by atoms with Gasteiger partial charge in [-0.15, -0.1) is 0 Å². The van der Waals surface area contributed by atoms with E-state index in [0.717, 1.165) is 0 Å². The molecule has 2 aromatic carbocycles. The van der Waals surface area contributed by atoms with Crippen LogP contribution in [0, 0.1) is 0 Å². The zero-order valence-corrected chi connectivity index (χ0v) is 11.7. The molecule has 2 aromatic rings. The lowest BCUT2D eigenvalue weighted by atomic mass is 10.1. The molecule has 102 valence electrons. The summed E-state index contributed by atoms with van der Waals surface area (Å²) in [5, 5.41) is 16.4. The lowest BCUT2D eigenvalue weighted by Crippen LogP contribution is -2.38. The first-order chi connectivity index (χ1) is 9.56. The summed E-state index contributed by atoms with van der Waals surface area (Å²) >= 11 is 11.8. The molecular weight excluding hydrogens is 299 g/mol. The number of carbonyl (C=O) groups is 1. The molecule has 0 aromatic heterocycles. The van der Waals surface area contributed by atoms with Gasteiger partial charge in [0.25, 0.3) is 5.91 Å². The van der Waals surface area contributed by atoms with Crippen LogP contribution >= 0.6 is 23.2 Å². The lowest BCUT2D eigenvalue weighted by molar-refractivity contribution is 0.0935. The lowest BCUT2D eigenvalue weighted by Gasteiger charge is -2.28. The molecule has 1 heterocycles. The van der Waals surface area contributed by atoms with E-state index in [1.54, 1.807) is 24.3 Å². The number of hydrogen-bond acceptors (Lipinski definition) is 3. The first-order valence-electron chi connectivity index (χ1n) is 5.90. The van der Waals surface area contributed by atoms with Gasteiger partial charge < -0.3 is 15.7 Å². The van der Waals surface area contributed by atoms with E-state index in [1.165, 1.54) is 6.07 Å². The fourth-order valence-electron chi connectivity index (χ4n) is 2.17. The number of para-hydroxylation sites is 1. The van der Waals surface area contributed by atoms with E-state index in [9.17, 15) is 9.90 Å². The second-order valence-corrected chi connectivity index (χ2v) is 5.27. The Bertz CT molecular complexity index is 704. The Kier molecular flexibility index (Phi) is 3.20. The summed E-state index contributed by atoms with van der Waals surface area (Å²) < 4.78 is 0. The minimum atomic E-state index is -0.589. The Morgan fingerprint density at radius 1 is 1.10 bits per heavy atom. The van der Waals surface area contributed by atoms with Crippen molar-refractivity contribution in [2.75, 3.05) is 5.32 Å². The maximum atomic E-state index is 12.1. The van der Waals surface area contributed by atoms with Gasteiger partial charge in [0.1, 0.15) is 11.9 Å². The number of benzene rings is 2. The summed E-state index contributed by atoms with van der Waals surface area (Å²) in [7, 11) is 0. The van der Waals surface area contributed by atoms with Crippen LogP contribution in [0.25, 0.3) is 0 Å². The van der Waals surface area contributed by atoms with Crippen LogP contribution in [0.3, 0.4) is 0 Å². The van der Waals surface area contributed by atoms with Crippen LogP contribution < -0.4 is 10.6 Å². The van der Waals surface area contributed by atoms with Crippen molar-refractivity contribution < 1.29 is 9.90 Å². The Hall–Kier alpha value is -1.91. The predicted molar refractivity (Wildman–Crippen MR) is 78.4 cm³/mol. The average molecular weight is 309 g/mol. The topological polar surface area (TPSA) is 61.4 Å². The number of rotatable bonds is 1. The molecule has 0 aliphatic carbocycles. The molecule has 1 aliphatic rings. The van der Waals surface area contributed by atoms with Crippen LogP contribution in [-0.2, 0) is 0 Å². The first-order valence-corrected chi connectivity index (χ1v) is 6.66. The third-order valence-electron chi connectivity index (χ3n) is 3.12. The highest BCUT2D eigenvalue weighted by Crippen LogP contribution is 2.37. The van der Waals surface area contributed by atoms with Gasteiger partial charge in [0.2, 0.25) is 0 Å². The molecule has 1 atom stereocenters. The molecular formula is C14H10Cl2N2O2. The maximum absolute atomic E-state index is 12.1. The number of carbonyl (C=O) groups excluding carboxylic acids is 1. The van der Waals surface area contributed by atoms with Crippen molar-refractivity contribution in [1.82, 2.24) is 5.32 Å². The molecule has 0 saturated heterocycles. The van der Waals surface area contributed by atoms with Crippen molar-refractivity contribution in [2.45, 2.75) is 6.17 Å². The van der Waals surface area contributed by atoms with Gasteiger partial charge in [0.15, 0.2) is 0 Å². The minimum absolute atomic E-state index is 0.103. The molecule has 0 bridgehead atoms. The number of hydrogen-bond donors (Lipinski definition) is 3. The molecule has 0 unspecified atom stereocenters. The smallest absolute Gasteiger partial charge is 0.255 e. The Morgan fingerprint density at radius 2 is 1.85 bits per heavy atom. The van der Waals surface area contributed by atoms with Crippen LogP contribution in [-0.4, -0.2) is 11.0 Å². The summed E-state index contributed by atoms with van der Waals surface area (Å²) in [5.41, 5.74) is 1.67. The standard InChI is InChI=1S/C14H10Cl2N2O2/c15-7-5-9(12(19)10(16)6-7)13-17-11-4-2-1-3-8(11)14(20)18-13/h1-6,13,17,19H,(H,18,20)/t13-/m1/s1. The van der Waals surface area contributed by atoms with E-state index in [-0.39, 0.29) is 16.7 Å². The van der Waals surface area contributed by atoms with Gasteiger partial charge in [0, 0.05) is 16.3 Å². The first kappa shape index (κ1) is 13.1. The van der Waals surface area contributed by atoms with E-state index in [4.69, 9.17) is 23.2 Å². The molecule has 1 amide bonds. The number of amides is 1. The number of fused-ring (bicyclic) bond motifs is 1. The second kappa shape index (κ2) is 4.89. The third kappa shape index (κ3) is 2.17. The van der Waals surface area contributed by atoms with E-state index >= 15 is 0 Å².